The molecule has 0 heterocycles. The van der Waals surface area contributed by atoms with Gasteiger partial charge in [0.2, 0.25) is 11.8 Å². The van der Waals surface area contributed by atoms with Crippen LogP contribution in [0.15, 0.2) is 54.6 Å². The van der Waals surface area contributed by atoms with Gasteiger partial charge in [0.05, 0.1) is 12.9 Å². The van der Waals surface area contributed by atoms with Crippen molar-refractivity contribution in [1.29, 1.82) is 0 Å². The van der Waals surface area contributed by atoms with Crippen molar-refractivity contribution in [2.75, 3.05) is 19.4 Å². The number of methoxy groups -OCH3 is 1. The fraction of sp³-hybridized carbons (Fsp3) is 0.364. The van der Waals surface area contributed by atoms with Gasteiger partial charge in [-0.25, -0.2) is 0 Å². The van der Waals surface area contributed by atoms with Gasteiger partial charge in [-0.2, -0.15) is 0 Å². The molecule has 2 amide bonds. The lowest BCUT2D eigenvalue weighted by Crippen LogP contribution is -2.48. The molecule has 1 unspecified atom stereocenters. The minimum Gasteiger partial charge on any atom is -0.497 e. The molecule has 2 aromatic carbocycles. The standard InChI is InChI=1S/C22H28N2O3S/c1-4-23-22(26)17(2)24(14-18-10-12-20(27-3)13-11-18)21(25)16-28-15-19-8-6-5-7-9-19/h5-13,17H,4,14-16H2,1-3H3,(H,23,26). The molecule has 0 bridgehead atoms. The monoisotopic (exact) mass is 400 g/mol. The van der Waals surface area contributed by atoms with Crippen molar-refractivity contribution in [2.45, 2.75) is 32.2 Å². The Morgan fingerprint density at radius 2 is 1.75 bits per heavy atom. The Bertz CT molecular complexity index is 750. The summed E-state index contributed by atoms with van der Waals surface area (Å²) in [7, 11) is 1.62. The highest BCUT2D eigenvalue weighted by molar-refractivity contribution is 7.99. The molecule has 28 heavy (non-hydrogen) atoms. The van der Waals surface area contributed by atoms with Crippen molar-refractivity contribution in [3.63, 3.8) is 0 Å². The van der Waals surface area contributed by atoms with Gasteiger partial charge in [-0.1, -0.05) is 42.5 Å². The van der Waals surface area contributed by atoms with Gasteiger partial charge in [-0.05, 0) is 37.1 Å². The van der Waals surface area contributed by atoms with E-state index in [9.17, 15) is 9.59 Å². The number of nitrogens with zero attached hydrogens (tertiary/aromatic N) is 1. The van der Waals surface area contributed by atoms with Crippen LogP contribution < -0.4 is 10.1 Å². The molecule has 0 aliphatic heterocycles. The molecule has 0 saturated heterocycles. The molecule has 2 aromatic rings. The second-order valence-electron chi connectivity index (χ2n) is 6.42. The Kier molecular flexibility index (Phi) is 8.88. The number of ether oxygens (including phenoxy) is 1. The summed E-state index contributed by atoms with van der Waals surface area (Å²) < 4.78 is 5.19. The van der Waals surface area contributed by atoms with Gasteiger partial charge >= 0.3 is 0 Å². The smallest absolute Gasteiger partial charge is 0.242 e. The molecule has 2 rings (SSSR count). The summed E-state index contributed by atoms with van der Waals surface area (Å²) >= 11 is 1.56. The van der Waals surface area contributed by atoms with Crippen LogP contribution in [0.5, 0.6) is 5.75 Å². The zero-order valence-corrected chi connectivity index (χ0v) is 17.5. The molecule has 0 saturated carbocycles. The zero-order valence-electron chi connectivity index (χ0n) is 16.7. The number of rotatable bonds is 10. The average Bonchev–Trinajstić information content (AvgIpc) is 2.72. The van der Waals surface area contributed by atoms with E-state index in [0.717, 1.165) is 17.1 Å². The van der Waals surface area contributed by atoms with Gasteiger partial charge in [0.15, 0.2) is 0 Å². The summed E-state index contributed by atoms with van der Waals surface area (Å²) in [5.74, 6) is 1.66. The highest BCUT2D eigenvalue weighted by Gasteiger charge is 2.25. The van der Waals surface area contributed by atoms with Crippen molar-refractivity contribution in [1.82, 2.24) is 10.2 Å². The van der Waals surface area contributed by atoms with Crippen LogP contribution >= 0.6 is 11.8 Å². The molecule has 5 nitrogen and oxygen atoms in total. The molecule has 1 N–H and O–H groups in total. The number of likely N-dealkylation sites (N-methyl/N-ethyl adjacent to an activating group) is 1. The molecule has 1 atom stereocenters. The van der Waals surface area contributed by atoms with Crippen LogP contribution in [0.2, 0.25) is 0 Å². The molecular weight excluding hydrogens is 372 g/mol. The van der Waals surface area contributed by atoms with E-state index in [1.54, 1.807) is 30.7 Å². The molecular formula is C22H28N2O3S. The van der Waals surface area contributed by atoms with Crippen molar-refractivity contribution in [3.05, 3.63) is 65.7 Å². The highest BCUT2D eigenvalue weighted by Crippen LogP contribution is 2.17. The maximum atomic E-state index is 12.9. The Labute approximate surface area is 171 Å². The first-order valence-corrected chi connectivity index (χ1v) is 10.5. The molecule has 150 valence electrons. The topological polar surface area (TPSA) is 58.6 Å². The van der Waals surface area contributed by atoms with Crippen molar-refractivity contribution < 1.29 is 14.3 Å². The third-order valence-electron chi connectivity index (χ3n) is 4.37. The number of thioether (sulfide) groups is 1. The van der Waals surface area contributed by atoms with Gasteiger partial charge < -0.3 is 15.0 Å². The summed E-state index contributed by atoms with van der Waals surface area (Å²) in [5, 5.41) is 2.81. The number of benzene rings is 2. The van der Waals surface area contributed by atoms with Crippen LogP contribution in [0.4, 0.5) is 0 Å². The summed E-state index contributed by atoms with van der Waals surface area (Å²) in [6, 6.07) is 17.1. The normalized spacial score (nSPS) is 11.5. The number of carbonyl (C=O) groups excluding carboxylic acids is 2. The van der Waals surface area contributed by atoms with Gasteiger partial charge in [-0.15, -0.1) is 11.8 Å². The summed E-state index contributed by atoms with van der Waals surface area (Å²) in [6.45, 7) is 4.56. The largest absolute Gasteiger partial charge is 0.497 e. The van der Waals surface area contributed by atoms with E-state index in [0.29, 0.717) is 18.8 Å². The highest BCUT2D eigenvalue weighted by atomic mass is 32.2. The Morgan fingerprint density at radius 3 is 2.36 bits per heavy atom. The number of hydrogen-bond acceptors (Lipinski definition) is 4. The minimum absolute atomic E-state index is 0.0458. The van der Waals surface area contributed by atoms with Crippen LogP contribution in [-0.4, -0.2) is 42.2 Å². The van der Waals surface area contributed by atoms with E-state index >= 15 is 0 Å². The SMILES string of the molecule is CCNC(=O)C(C)N(Cc1ccc(OC)cc1)C(=O)CSCc1ccccc1. The molecule has 0 radical (unpaired) electrons. The minimum atomic E-state index is -0.535. The van der Waals surface area contributed by atoms with E-state index < -0.39 is 6.04 Å². The van der Waals surface area contributed by atoms with Gasteiger partial charge in [0.25, 0.3) is 0 Å². The molecule has 0 fully saturated rings. The van der Waals surface area contributed by atoms with Crippen molar-refractivity contribution in [2.24, 2.45) is 0 Å². The quantitative estimate of drug-likeness (QED) is 0.663. The van der Waals surface area contributed by atoms with Gasteiger partial charge in [0.1, 0.15) is 11.8 Å². The van der Waals surface area contributed by atoms with Crippen LogP contribution in [-0.2, 0) is 21.9 Å². The third-order valence-corrected chi connectivity index (χ3v) is 5.36. The fourth-order valence-electron chi connectivity index (χ4n) is 2.75. The summed E-state index contributed by atoms with van der Waals surface area (Å²) in [6.07, 6.45) is 0. The van der Waals surface area contributed by atoms with Gasteiger partial charge in [0, 0.05) is 18.8 Å². The predicted molar refractivity (Wildman–Crippen MR) is 114 cm³/mol. The van der Waals surface area contributed by atoms with E-state index in [1.165, 1.54) is 5.56 Å². The summed E-state index contributed by atoms with van der Waals surface area (Å²) in [4.78, 5) is 26.9. The molecule has 0 aliphatic carbocycles. The number of nitrogens with one attached hydrogen (secondary N) is 1. The lowest BCUT2D eigenvalue weighted by molar-refractivity contribution is -0.138. The Hall–Kier alpha value is -2.47. The van der Waals surface area contributed by atoms with Crippen LogP contribution in [0.25, 0.3) is 0 Å². The fourth-order valence-corrected chi connectivity index (χ4v) is 3.62. The van der Waals surface area contributed by atoms with Crippen molar-refractivity contribution in [3.8, 4) is 5.75 Å². The molecule has 0 aromatic heterocycles. The zero-order chi connectivity index (χ0) is 20.4. The van der Waals surface area contributed by atoms with E-state index in [2.05, 4.69) is 5.32 Å². The average molecular weight is 401 g/mol. The first-order valence-electron chi connectivity index (χ1n) is 9.37. The lowest BCUT2D eigenvalue weighted by Gasteiger charge is -2.28. The second kappa shape index (κ2) is 11.4. The molecule has 6 heteroatoms. The Balaban J connectivity index is 2.04. The lowest BCUT2D eigenvalue weighted by atomic mass is 10.1. The van der Waals surface area contributed by atoms with Crippen LogP contribution in [0.3, 0.4) is 0 Å². The summed E-state index contributed by atoms with van der Waals surface area (Å²) in [5.41, 5.74) is 2.14. The van der Waals surface area contributed by atoms with Crippen LogP contribution in [0, 0.1) is 0 Å². The Morgan fingerprint density at radius 1 is 1.07 bits per heavy atom. The van der Waals surface area contributed by atoms with E-state index in [1.807, 2.05) is 61.5 Å². The second-order valence-corrected chi connectivity index (χ2v) is 7.40. The first kappa shape index (κ1) is 21.8. The van der Waals surface area contributed by atoms with Crippen molar-refractivity contribution >= 4 is 23.6 Å². The van der Waals surface area contributed by atoms with Gasteiger partial charge in [-0.3, -0.25) is 9.59 Å². The number of amides is 2. The maximum absolute atomic E-state index is 12.9. The maximum Gasteiger partial charge on any atom is 0.242 e. The number of carbonyl (C=O) groups is 2. The number of hydrogen-bond donors (Lipinski definition) is 1. The third kappa shape index (κ3) is 6.60. The predicted octanol–water partition coefficient (Wildman–Crippen LogP) is 3.48. The first-order chi connectivity index (χ1) is 13.5. The van der Waals surface area contributed by atoms with E-state index in [4.69, 9.17) is 4.74 Å². The van der Waals surface area contributed by atoms with E-state index in [-0.39, 0.29) is 11.8 Å². The molecule has 0 aliphatic rings. The van der Waals surface area contributed by atoms with Crippen LogP contribution in [0.1, 0.15) is 25.0 Å². The molecule has 0 spiro atoms.